The zero-order valence-electron chi connectivity index (χ0n) is 5.85. The minimum absolute atomic E-state index is 0.314. The summed E-state index contributed by atoms with van der Waals surface area (Å²) in [4.78, 5) is 0. The molecule has 1 fully saturated rings. The summed E-state index contributed by atoms with van der Waals surface area (Å²) in [5, 5.41) is 9.30. The van der Waals surface area contributed by atoms with Gasteiger partial charge in [0.2, 0.25) is 0 Å². The molecular weight excluding hydrogens is 116 g/mol. The number of ether oxygens (including phenoxy) is 1. The topological polar surface area (TPSA) is 32.8 Å². The van der Waals surface area contributed by atoms with E-state index >= 15 is 0 Å². The van der Waals surface area contributed by atoms with Gasteiger partial charge in [-0.3, -0.25) is 0 Å². The highest BCUT2D eigenvalue weighted by atomic mass is 16.6. The van der Waals surface area contributed by atoms with Crippen molar-refractivity contribution >= 4 is 0 Å². The van der Waals surface area contributed by atoms with Crippen molar-refractivity contribution in [2.24, 2.45) is 0 Å². The molecule has 0 aliphatic carbocycles. The fourth-order valence-electron chi connectivity index (χ4n) is 0.793. The molecule has 0 aromatic rings. The monoisotopic (exact) mass is 128 g/mol. The van der Waals surface area contributed by atoms with Gasteiger partial charge < -0.3 is 9.84 Å². The van der Waals surface area contributed by atoms with Gasteiger partial charge in [-0.25, -0.2) is 0 Å². The largest absolute Gasteiger partial charge is 0.386 e. The maximum atomic E-state index is 9.30. The van der Waals surface area contributed by atoms with Gasteiger partial charge in [-0.05, 0) is 19.4 Å². The number of hydrogen-bond donors (Lipinski definition) is 1. The van der Waals surface area contributed by atoms with Crippen molar-refractivity contribution in [1.82, 2.24) is 0 Å². The molecule has 0 unspecified atom stereocenters. The number of rotatable bonds is 2. The molecule has 2 heteroatoms. The molecule has 2 nitrogen and oxygen atoms in total. The van der Waals surface area contributed by atoms with Crippen molar-refractivity contribution in [3.8, 4) is 0 Å². The van der Waals surface area contributed by atoms with E-state index in [-0.39, 0.29) is 5.60 Å². The predicted octanol–water partition coefficient (Wildman–Crippen LogP) is 0.712. The second-order valence-electron chi connectivity index (χ2n) is 2.85. The first kappa shape index (κ1) is 6.78. The molecule has 0 aromatic carbocycles. The maximum Gasteiger partial charge on any atom is 0.118 e. The predicted molar refractivity (Wildman–Crippen MR) is 35.2 cm³/mol. The van der Waals surface area contributed by atoms with Gasteiger partial charge in [0.05, 0.1) is 6.61 Å². The van der Waals surface area contributed by atoms with Gasteiger partial charge in [-0.2, -0.15) is 0 Å². The Balaban J connectivity index is 2.52. The summed E-state index contributed by atoms with van der Waals surface area (Å²) in [6.07, 6.45) is -0.488. The second-order valence-corrected chi connectivity index (χ2v) is 2.85. The van der Waals surface area contributed by atoms with Crippen molar-refractivity contribution in [2.45, 2.75) is 25.6 Å². The van der Waals surface area contributed by atoms with Gasteiger partial charge in [0, 0.05) is 0 Å². The summed E-state index contributed by atoms with van der Waals surface area (Å²) in [7, 11) is 0. The van der Waals surface area contributed by atoms with Gasteiger partial charge in [0.25, 0.3) is 0 Å². The molecule has 1 N–H and O–H groups in total. The van der Waals surface area contributed by atoms with E-state index in [0.717, 1.165) is 5.57 Å². The number of aliphatic hydroxyl groups excluding tert-OH is 1. The summed E-state index contributed by atoms with van der Waals surface area (Å²) < 4.78 is 5.01. The summed E-state index contributed by atoms with van der Waals surface area (Å²) in [5.41, 5.74) is 0.459. The van der Waals surface area contributed by atoms with Crippen LogP contribution in [-0.2, 0) is 4.74 Å². The van der Waals surface area contributed by atoms with E-state index in [0.29, 0.717) is 6.61 Å². The van der Waals surface area contributed by atoms with E-state index in [2.05, 4.69) is 6.58 Å². The van der Waals surface area contributed by atoms with Gasteiger partial charge in [-0.15, -0.1) is 0 Å². The molecule has 1 rings (SSSR count). The lowest BCUT2D eigenvalue weighted by Crippen LogP contribution is -2.26. The van der Waals surface area contributed by atoms with Crippen LogP contribution in [0, 0.1) is 0 Å². The molecule has 1 saturated heterocycles. The average Bonchev–Trinajstić information content (AvgIpc) is 2.47. The summed E-state index contributed by atoms with van der Waals surface area (Å²) >= 11 is 0. The molecule has 0 spiro atoms. The Labute approximate surface area is 55.1 Å². The lowest BCUT2D eigenvalue weighted by molar-refractivity contribution is 0.114. The Morgan fingerprint density at radius 1 is 1.89 bits per heavy atom. The SMILES string of the molecule is C=C(C)[C@@H](O)[C@]1(C)CO1. The third-order valence-corrected chi connectivity index (χ3v) is 1.64. The summed E-state index contributed by atoms with van der Waals surface area (Å²) in [6, 6.07) is 0. The molecule has 0 saturated carbocycles. The van der Waals surface area contributed by atoms with Crippen LogP contribution < -0.4 is 0 Å². The van der Waals surface area contributed by atoms with E-state index in [4.69, 9.17) is 4.74 Å². The maximum absolute atomic E-state index is 9.30. The molecule has 0 aromatic heterocycles. The highest BCUT2D eigenvalue weighted by molar-refractivity contribution is 5.10. The van der Waals surface area contributed by atoms with Gasteiger partial charge in [0.1, 0.15) is 11.7 Å². The zero-order valence-corrected chi connectivity index (χ0v) is 5.85. The van der Waals surface area contributed by atoms with Crippen LogP contribution in [0.25, 0.3) is 0 Å². The van der Waals surface area contributed by atoms with Crippen LogP contribution in [0.15, 0.2) is 12.2 Å². The second kappa shape index (κ2) is 1.82. The van der Waals surface area contributed by atoms with Crippen molar-refractivity contribution in [2.75, 3.05) is 6.61 Å². The van der Waals surface area contributed by atoms with Crippen molar-refractivity contribution in [1.29, 1.82) is 0 Å². The molecule has 0 radical (unpaired) electrons. The van der Waals surface area contributed by atoms with E-state index in [9.17, 15) is 5.11 Å². The average molecular weight is 128 g/mol. The smallest absolute Gasteiger partial charge is 0.118 e. The van der Waals surface area contributed by atoms with Crippen LogP contribution in [-0.4, -0.2) is 23.4 Å². The summed E-state index contributed by atoms with van der Waals surface area (Å²) in [5.74, 6) is 0. The first-order chi connectivity index (χ1) is 4.06. The van der Waals surface area contributed by atoms with Crippen LogP contribution in [0.4, 0.5) is 0 Å². The third kappa shape index (κ3) is 1.14. The normalized spacial score (nSPS) is 35.9. The Bertz CT molecular complexity index is 136. The lowest BCUT2D eigenvalue weighted by Gasteiger charge is -2.13. The first-order valence-electron chi connectivity index (χ1n) is 3.04. The Morgan fingerprint density at radius 2 is 2.33 bits per heavy atom. The molecule has 9 heavy (non-hydrogen) atoms. The molecular formula is C7H12O2. The van der Waals surface area contributed by atoms with Crippen molar-refractivity contribution in [3.63, 3.8) is 0 Å². The highest BCUT2D eigenvalue weighted by Crippen LogP contribution is 2.32. The minimum Gasteiger partial charge on any atom is -0.386 e. The van der Waals surface area contributed by atoms with Crippen LogP contribution >= 0.6 is 0 Å². The standard InChI is InChI=1S/C7H12O2/c1-5(2)6(8)7(3)4-9-7/h6,8H,1,4H2,2-3H3/t6-,7+/m1/s1. The van der Waals surface area contributed by atoms with Crippen LogP contribution in [0.3, 0.4) is 0 Å². The fraction of sp³-hybridized carbons (Fsp3) is 0.714. The lowest BCUT2D eigenvalue weighted by atomic mass is 10.0. The first-order valence-corrected chi connectivity index (χ1v) is 3.04. The highest BCUT2D eigenvalue weighted by Gasteiger charge is 2.46. The number of aliphatic hydroxyl groups is 1. The molecule has 1 aliphatic rings. The van der Waals surface area contributed by atoms with Gasteiger partial charge in [-0.1, -0.05) is 6.58 Å². The summed E-state index contributed by atoms with van der Waals surface area (Å²) in [6.45, 7) is 7.97. The molecule has 0 bridgehead atoms. The van der Waals surface area contributed by atoms with Crippen molar-refractivity contribution < 1.29 is 9.84 Å². The third-order valence-electron chi connectivity index (χ3n) is 1.64. The van der Waals surface area contributed by atoms with Gasteiger partial charge in [0.15, 0.2) is 0 Å². The minimum atomic E-state index is -0.488. The van der Waals surface area contributed by atoms with Crippen LogP contribution in [0.1, 0.15) is 13.8 Å². The molecule has 1 heterocycles. The van der Waals surface area contributed by atoms with Crippen molar-refractivity contribution in [3.05, 3.63) is 12.2 Å². The number of epoxide rings is 1. The molecule has 2 atom stereocenters. The Hall–Kier alpha value is -0.340. The van der Waals surface area contributed by atoms with E-state index in [1.807, 2.05) is 6.92 Å². The zero-order chi connectivity index (χ0) is 7.07. The quantitative estimate of drug-likeness (QED) is 0.439. The van der Waals surface area contributed by atoms with Gasteiger partial charge >= 0.3 is 0 Å². The van der Waals surface area contributed by atoms with E-state index in [1.54, 1.807) is 6.92 Å². The fourth-order valence-corrected chi connectivity index (χ4v) is 0.793. The molecule has 0 amide bonds. The molecule has 1 aliphatic heterocycles. The van der Waals surface area contributed by atoms with E-state index < -0.39 is 6.10 Å². The van der Waals surface area contributed by atoms with Crippen LogP contribution in [0.2, 0.25) is 0 Å². The van der Waals surface area contributed by atoms with E-state index in [1.165, 1.54) is 0 Å². The Kier molecular flexibility index (Phi) is 1.37. The number of hydrogen-bond acceptors (Lipinski definition) is 2. The molecule has 52 valence electrons. The Morgan fingerprint density at radius 3 is 2.44 bits per heavy atom. The van der Waals surface area contributed by atoms with Crippen LogP contribution in [0.5, 0.6) is 0 Å².